The van der Waals surface area contributed by atoms with Gasteiger partial charge in [0, 0.05) is 44.1 Å². The Bertz CT molecular complexity index is 808. The summed E-state index contributed by atoms with van der Waals surface area (Å²) >= 11 is 0. The molecule has 0 spiro atoms. The smallest absolute Gasteiger partial charge is 0.244 e. The van der Waals surface area contributed by atoms with Crippen LogP contribution in [-0.2, 0) is 16.1 Å². The normalized spacial score (nSPS) is 19.6. The molecule has 0 bridgehead atoms. The van der Waals surface area contributed by atoms with Gasteiger partial charge < -0.3 is 10.6 Å². The van der Waals surface area contributed by atoms with Crippen LogP contribution in [0.15, 0.2) is 60.9 Å². The van der Waals surface area contributed by atoms with E-state index in [2.05, 4.69) is 20.5 Å². The van der Waals surface area contributed by atoms with Gasteiger partial charge in [0.25, 0.3) is 0 Å². The highest BCUT2D eigenvalue weighted by molar-refractivity contribution is 5.92. The maximum Gasteiger partial charge on any atom is 0.244 e. The number of benzene rings is 1. The number of likely N-dealkylation sites (N-methyl/N-ethyl adjacent to an activating group) is 1. The molecule has 2 aromatic rings. The van der Waals surface area contributed by atoms with Gasteiger partial charge in [-0.25, -0.2) is 0 Å². The molecule has 6 heteroatoms. The molecule has 1 saturated heterocycles. The van der Waals surface area contributed by atoms with E-state index in [0.29, 0.717) is 26.1 Å². The number of amides is 2. The van der Waals surface area contributed by atoms with Crippen LogP contribution in [0.3, 0.4) is 0 Å². The first-order valence-corrected chi connectivity index (χ1v) is 9.60. The van der Waals surface area contributed by atoms with Gasteiger partial charge in [0.2, 0.25) is 11.8 Å². The average Bonchev–Trinajstić information content (AvgIpc) is 3.10. The number of hydrogen-bond donors (Lipinski definition) is 2. The van der Waals surface area contributed by atoms with E-state index in [0.717, 1.165) is 11.1 Å². The van der Waals surface area contributed by atoms with E-state index < -0.39 is 0 Å². The Balaban J connectivity index is 1.62. The van der Waals surface area contributed by atoms with Crippen molar-refractivity contribution in [1.82, 2.24) is 20.5 Å². The maximum atomic E-state index is 12.5. The summed E-state index contributed by atoms with van der Waals surface area (Å²) in [6.45, 7) is 3.79. The summed E-state index contributed by atoms with van der Waals surface area (Å²) in [7, 11) is 0. The lowest BCUT2D eigenvalue weighted by molar-refractivity contribution is -0.125. The van der Waals surface area contributed by atoms with Crippen molar-refractivity contribution in [2.45, 2.75) is 32.0 Å². The molecule has 0 saturated carbocycles. The molecule has 6 nitrogen and oxygen atoms in total. The highest BCUT2D eigenvalue weighted by Gasteiger charge is 2.36. The fraction of sp³-hybridized carbons (Fsp3) is 0.318. The van der Waals surface area contributed by atoms with Gasteiger partial charge in [-0.3, -0.25) is 19.5 Å². The second kappa shape index (κ2) is 9.80. The van der Waals surface area contributed by atoms with E-state index in [1.54, 1.807) is 24.5 Å². The Morgan fingerprint density at radius 2 is 1.93 bits per heavy atom. The van der Waals surface area contributed by atoms with Crippen molar-refractivity contribution in [2.75, 3.05) is 13.1 Å². The van der Waals surface area contributed by atoms with Crippen LogP contribution in [0.1, 0.15) is 24.5 Å². The predicted octanol–water partition coefficient (Wildman–Crippen LogP) is 1.99. The van der Waals surface area contributed by atoms with Crippen molar-refractivity contribution in [3.63, 3.8) is 0 Å². The van der Waals surface area contributed by atoms with E-state index in [9.17, 15) is 9.59 Å². The van der Waals surface area contributed by atoms with Gasteiger partial charge in [-0.1, -0.05) is 30.3 Å². The molecule has 28 heavy (non-hydrogen) atoms. The minimum absolute atomic E-state index is 0.00753. The number of likely N-dealkylation sites (tertiary alicyclic amines) is 1. The van der Waals surface area contributed by atoms with Crippen molar-refractivity contribution < 1.29 is 9.59 Å². The van der Waals surface area contributed by atoms with Gasteiger partial charge in [-0.15, -0.1) is 0 Å². The first-order chi connectivity index (χ1) is 13.7. The average molecular weight is 378 g/mol. The molecule has 0 unspecified atom stereocenters. The Labute approximate surface area is 165 Å². The van der Waals surface area contributed by atoms with E-state index >= 15 is 0 Å². The lowest BCUT2D eigenvalue weighted by atomic mass is 10.1. The number of carbonyl (C=O) groups excluding carboxylic acids is 2. The Hall–Kier alpha value is -2.99. The zero-order valence-corrected chi connectivity index (χ0v) is 16.0. The van der Waals surface area contributed by atoms with Gasteiger partial charge >= 0.3 is 0 Å². The van der Waals surface area contributed by atoms with Gasteiger partial charge in [0.1, 0.15) is 0 Å². The summed E-state index contributed by atoms with van der Waals surface area (Å²) in [4.78, 5) is 31.0. The largest absolute Gasteiger partial charge is 0.355 e. The minimum atomic E-state index is -0.253. The monoisotopic (exact) mass is 378 g/mol. The van der Waals surface area contributed by atoms with Crippen LogP contribution in [-0.4, -0.2) is 46.9 Å². The molecular formula is C22H26N4O2. The van der Waals surface area contributed by atoms with Crippen molar-refractivity contribution in [2.24, 2.45) is 0 Å². The third-order valence-corrected chi connectivity index (χ3v) is 4.77. The molecule has 2 N–H and O–H groups in total. The number of nitrogens with zero attached hydrogens (tertiary/aromatic N) is 2. The SMILES string of the molecule is CCNC(=O)[C@@H]1C[C@@H](NC(=O)/C=C/c2ccccc2)CN1Cc1ccncc1. The van der Waals surface area contributed by atoms with Crippen molar-refractivity contribution in [3.8, 4) is 0 Å². The van der Waals surface area contributed by atoms with Crippen LogP contribution >= 0.6 is 0 Å². The zero-order valence-electron chi connectivity index (χ0n) is 16.0. The second-order valence-electron chi connectivity index (χ2n) is 6.88. The summed E-state index contributed by atoms with van der Waals surface area (Å²) in [6, 6.07) is 13.3. The van der Waals surface area contributed by atoms with E-state index in [-0.39, 0.29) is 23.9 Å². The molecule has 1 aromatic heterocycles. The van der Waals surface area contributed by atoms with Crippen LogP contribution < -0.4 is 10.6 Å². The number of aromatic nitrogens is 1. The second-order valence-corrected chi connectivity index (χ2v) is 6.88. The summed E-state index contributed by atoms with van der Waals surface area (Å²) in [5.41, 5.74) is 2.07. The van der Waals surface area contributed by atoms with Crippen molar-refractivity contribution in [1.29, 1.82) is 0 Å². The fourth-order valence-electron chi connectivity index (χ4n) is 3.46. The molecule has 3 rings (SSSR count). The zero-order chi connectivity index (χ0) is 19.8. The van der Waals surface area contributed by atoms with Gasteiger partial charge in [0.15, 0.2) is 0 Å². The summed E-state index contributed by atoms with van der Waals surface area (Å²) < 4.78 is 0. The van der Waals surface area contributed by atoms with Crippen molar-refractivity contribution >= 4 is 17.9 Å². The number of nitrogens with one attached hydrogen (secondary N) is 2. The molecule has 0 radical (unpaired) electrons. The third-order valence-electron chi connectivity index (χ3n) is 4.77. The number of hydrogen-bond acceptors (Lipinski definition) is 4. The molecule has 2 heterocycles. The Kier molecular flexibility index (Phi) is 6.92. The van der Waals surface area contributed by atoms with Gasteiger partial charge in [-0.05, 0) is 42.7 Å². The number of pyridine rings is 1. The van der Waals surface area contributed by atoms with E-state index in [1.807, 2.05) is 49.4 Å². The van der Waals surface area contributed by atoms with Gasteiger partial charge in [0.05, 0.1) is 6.04 Å². The predicted molar refractivity (Wildman–Crippen MR) is 109 cm³/mol. The molecule has 0 aliphatic carbocycles. The topological polar surface area (TPSA) is 74.3 Å². The first kappa shape index (κ1) is 19.8. The molecule has 1 aliphatic heterocycles. The molecule has 1 fully saturated rings. The highest BCUT2D eigenvalue weighted by atomic mass is 16.2. The lowest BCUT2D eigenvalue weighted by Gasteiger charge is -2.23. The van der Waals surface area contributed by atoms with Crippen LogP contribution in [0.5, 0.6) is 0 Å². The van der Waals surface area contributed by atoms with Crippen LogP contribution in [0, 0.1) is 0 Å². The summed E-state index contributed by atoms with van der Waals surface area (Å²) in [5, 5.41) is 5.94. The third kappa shape index (κ3) is 5.50. The van der Waals surface area contributed by atoms with Crippen LogP contribution in [0.25, 0.3) is 6.08 Å². The molecule has 1 aliphatic rings. The Morgan fingerprint density at radius 1 is 1.18 bits per heavy atom. The summed E-state index contributed by atoms with van der Waals surface area (Å²) in [6.07, 6.45) is 7.43. The maximum absolute atomic E-state index is 12.5. The summed E-state index contributed by atoms with van der Waals surface area (Å²) in [5.74, 6) is -0.137. The highest BCUT2D eigenvalue weighted by Crippen LogP contribution is 2.21. The van der Waals surface area contributed by atoms with Crippen molar-refractivity contribution in [3.05, 3.63) is 72.1 Å². The molecule has 2 amide bonds. The quantitative estimate of drug-likeness (QED) is 0.723. The van der Waals surface area contributed by atoms with Crippen LogP contribution in [0.4, 0.5) is 0 Å². The minimum Gasteiger partial charge on any atom is -0.355 e. The van der Waals surface area contributed by atoms with E-state index in [4.69, 9.17) is 0 Å². The fourth-order valence-corrected chi connectivity index (χ4v) is 3.46. The molecular weight excluding hydrogens is 352 g/mol. The first-order valence-electron chi connectivity index (χ1n) is 9.60. The van der Waals surface area contributed by atoms with Gasteiger partial charge in [-0.2, -0.15) is 0 Å². The standard InChI is InChI=1S/C22H26N4O2/c1-2-24-22(28)20-14-19(16-26(20)15-18-10-12-23-13-11-18)25-21(27)9-8-17-6-4-3-5-7-17/h3-13,19-20H,2,14-16H2,1H3,(H,24,28)(H,25,27)/b9-8+/t19-,20+/m1/s1. The molecule has 1 aromatic carbocycles. The molecule has 2 atom stereocenters. The lowest BCUT2D eigenvalue weighted by Crippen LogP contribution is -2.42. The van der Waals surface area contributed by atoms with E-state index in [1.165, 1.54) is 0 Å². The molecule has 146 valence electrons. The number of rotatable bonds is 7. The Morgan fingerprint density at radius 3 is 2.64 bits per heavy atom. The van der Waals surface area contributed by atoms with Crippen LogP contribution in [0.2, 0.25) is 0 Å². The number of carbonyl (C=O) groups is 2.